The summed E-state index contributed by atoms with van der Waals surface area (Å²) in [4.78, 5) is 25.5. The number of carbonyl (C=O) groups is 2. The lowest BCUT2D eigenvalue weighted by Crippen LogP contribution is -2.31. The molecule has 5 heteroatoms. The minimum atomic E-state index is -0.163. The number of carbonyl (C=O) groups excluding carboxylic acids is 2. The van der Waals surface area contributed by atoms with Crippen molar-refractivity contribution in [2.45, 2.75) is 26.3 Å². The van der Waals surface area contributed by atoms with Gasteiger partial charge in [0, 0.05) is 19.6 Å². The van der Waals surface area contributed by atoms with Crippen molar-refractivity contribution in [3.8, 4) is 5.75 Å². The molecule has 2 atom stereocenters. The Bertz CT molecular complexity index is 534. The Morgan fingerprint density at radius 3 is 2.36 bits per heavy atom. The van der Waals surface area contributed by atoms with Crippen LogP contribution in [0.5, 0.6) is 5.75 Å². The second-order valence-electron chi connectivity index (χ2n) is 6.11. The van der Waals surface area contributed by atoms with Gasteiger partial charge in [0.1, 0.15) is 5.75 Å². The minimum Gasteiger partial charge on any atom is -0.494 e. The number of nitrogens with one attached hydrogen (secondary N) is 1. The third-order valence-electron chi connectivity index (χ3n) is 4.41. The van der Waals surface area contributed by atoms with Gasteiger partial charge in [-0.25, -0.2) is 0 Å². The molecule has 0 spiro atoms. The van der Waals surface area contributed by atoms with E-state index in [1.54, 1.807) is 0 Å². The Hall–Kier alpha value is -1.88. The van der Waals surface area contributed by atoms with Crippen LogP contribution >= 0.6 is 0 Å². The highest BCUT2D eigenvalue weighted by atomic mass is 16.5. The number of imide groups is 1. The molecule has 118 valence electrons. The number of hydrogen-bond acceptors (Lipinski definition) is 4. The molecule has 2 amide bonds. The number of ether oxygens (including phenoxy) is 1. The van der Waals surface area contributed by atoms with E-state index in [9.17, 15) is 9.59 Å². The van der Waals surface area contributed by atoms with E-state index in [1.165, 1.54) is 5.56 Å². The normalized spacial score (nSPS) is 24.4. The van der Waals surface area contributed by atoms with Crippen LogP contribution in [0.2, 0.25) is 0 Å². The SMILES string of the molecule is CCCCOc1ccc(CN2C[C@@H]3C(=O)NC(=O)[C@@H]3C2)cc1. The lowest BCUT2D eigenvalue weighted by atomic mass is 10.00. The van der Waals surface area contributed by atoms with E-state index in [-0.39, 0.29) is 23.7 Å². The summed E-state index contributed by atoms with van der Waals surface area (Å²) in [5.41, 5.74) is 1.18. The van der Waals surface area contributed by atoms with Gasteiger partial charge in [-0.2, -0.15) is 0 Å². The molecule has 22 heavy (non-hydrogen) atoms. The average Bonchev–Trinajstić information content (AvgIpc) is 3.03. The number of amides is 2. The van der Waals surface area contributed by atoms with Crippen LogP contribution < -0.4 is 10.1 Å². The molecule has 0 bridgehead atoms. The van der Waals surface area contributed by atoms with Crippen LogP contribution in [0.3, 0.4) is 0 Å². The first-order valence-corrected chi connectivity index (χ1v) is 7.96. The Kier molecular flexibility index (Phi) is 4.43. The molecular weight excluding hydrogens is 280 g/mol. The molecule has 2 aliphatic rings. The van der Waals surface area contributed by atoms with Gasteiger partial charge in [-0.15, -0.1) is 0 Å². The van der Waals surface area contributed by atoms with Crippen LogP contribution in [-0.2, 0) is 16.1 Å². The van der Waals surface area contributed by atoms with Gasteiger partial charge in [-0.1, -0.05) is 25.5 Å². The van der Waals surface area contributed by atoms with Gasteiger partial charge in [0.05, 0.1) is 18.4 Å². The maximum Gasteiger partial charge on any atom is 0.231 e. The molecule has 2 saturated heterocycles. The molecule has 2 heterocycles. The number of benzene rings is 1. The van der Waals surface area contributed by atoms with E-state index in [4.69, 9.17) is 4.74 Å². The number of likely N-dealkylation sites (tertiary alicyclic amines) is 1. The number of unbranched alkanes of at least 4 members (excludes halogenated alkanes) is 1. The zero-order chi connectivity index (χ0) is 15.5. The van der Waals surface area contributed by atoms with Crippen molar-refractivity contribution in [3.05, 3.63) is 29.8 Å². The molecule has 1 aromatic carbocycles. The second-order valence-corrected chi connectivity index (χ2v) is 6.11. The molecule has 0 aliphatic carbocycles. The van der Waals surface area contributed by atoms with Crippen LogP contribution in [-0.4, -0.2) is 36.4 Å². The monoisotopic (exact) mass is 302 g/mol. The first-order chi connectivity index (χ1) is 10.7. The number of nitrogens with zero attached hydrogens (tertiary/aromatic N) is 1. The predicted octanol–water partition coefficient (Wildman–Crippen LogP) is 1.57. The topological polar surface area (TPSA) is 58.6 Å². The molecule has 3 rings (SSSR count). The highest BCUT2D eigenvalue weighted by molar-refractivity contribution is 6.05. The first kappa shape index (κ1) is 15.0. The maximum atomic E-state index is 11.7. The fourth-order valence-electron chi connectivity index (χ4n) is 3.14. The molecular formula is C17H22N2O3. The van der Waals surface area contributed by atoms with Crippen LogP contribution in [0.1, 0.15) is 25.3 Å². The Balaban J connectivity index is 1.54. The van der Waals surface area contributed by atoms with Crippen molar-refractivity contribution in [2.75, 3.05) is 19.7 Å². The molecule has 0 unspecified atom stereocenters. The minimum absolute atomic E-state index is 0.114. The molecule has 2 fully saturated rings. The molecule has 1 N–H and O–H groups in total. The van der Waals surface area contributed by atoms with Crippen molar-refractivity contribution in [2.24, 2.45) is 11.8 Å². The molecule has 1 aromatic rings. The fourth-order valence-corrected chi connectivity index (χ4v) is 3.14. The summed E-state index contributed by atoms with van der Waals surface area (Å²) in [5, 5.41) is 2.41. The molecule has 0 radical (unpaired) electrons. The van der Waals surface area contributed by atoms with Gasteiger partial charge in [0.15, 0.2) is 0 Å². The number of hydrogen-bond donors (Lipinski definition) is 1. The van der Waals surface area contributed by atoms with Crippen molar-refractivity contribution >= 4 is 11.8 Å². The number of fused-ring (bicyclic) bond motifs is 1. The van der Waals surface area contributed by atoms with E-state index < -0.39 is 0 Å². The lowest BCUT2D eigenvalue weighted by molar-refractivity contribution is -0.126. The van der Waals surface area contributed by atoms with E-state index in [2.05, 4.69) is 29.3 Å². The summed E-state index contributed by atoms with van der Waals surface area (Å²) in [6.45, 7) is 4.99. The average molecular weight is 302 g/mol. The summed E-state index contributed by atoms with van der Waals surface area (Å²) in [6, 6.07) is 8.08. The van der Waals surface area contributed by atoms with Crippen molar-refractivity contribution in [1.82, 2.24) is 10.2 Å². The molecule has 0 saturated carbocycles. The van der Waals surface area contributed by atoms with Gasteiger partial charge in [0.25, 0.3) is 0 Å². The third kappa shape index (κ3) is 3.14. The Morgan fingerprint density at radius 1 is 1.14 bits per heavy atom. The summed E-state index contributed by atoms with van der Waals surface area (Å²) < 4.78 is 5.65. The van der Waals surface area contributed by atoms with Crippen LogP contribution in [0, 0.1) is 11.8 Å². The van der Waals surface area contributed by atoms with Gasteiger partial charge < -0.3 is 4.74 Å². The van der Waals surface area contributed by atoms with E-state index >= 15 is 0 Å². The Labute approximate surface area is 130 Å². The van der Waals surface area contributed by atoms with Crippen LogP contribution in [0.25, 0.3) is 0 Å². The van der Waals surface area contributed by atoms with Crippen molar-refractivity contribution < 1.29 is 14.3 Å². The van der Waals surface area contributed by atoms with E-state index in [0.29, 0.717) is 13.1 Å². The van der Waals surface area contributed by atoms with Crippen LogP contribution in [0.4, 0.5) is 0 Å². The highest BCUT2D eigenvalue weighted by Gasteiger charge is 2.47. The first-order valence-electron chi connectivity index (χ1n) is 7.96. The molecule has 5 nitrogen and oxygen atoms in total. The third-order valence-corrected chi connectivity index (χ3v) is 4.41. The smallest absolute Gasteiger partial charge is 0.231 e. The predicted molar refractivity (Wildman–Crippen MR) is 82.3 cm³/mol. The van der Waals surface area contributed by atoms with Gasteiger partial charge in [0.2, 0.25) is 11.8 Å². The summed E-state index contributed by atoms with van der Waals surface area (Å²) in [5.74, 6) is 0.340. The summed E-state index contributed by atoms with van der Waals surface area (Å²) in [7, 11) is 0. The second kappa shape index (κ2) is 6.48. The van der Waals surface area contributed by atoms with Gasteiger partial charge in [-0.3, -0.25) is 19.8 Å². The number of rotatable bonds is 6. The zero-order valence-corrected chi connectivity index (χ0v) is 12.9. The quantitative estimate of drug-likeness (QED) is 0.640. The fraction of sp³-hybridized carbons (Fsp3) is 0.529. The van der Waals surface area contributed by atoms with Crippen LogP contribution in [0.15, 0.2) is 24.3 Å². The van der Waals surface area contributed by atoms with E-state index in [1.807, 2.05) is 12.1 Å². The largest absolute Gasteiger partial charge is 0.494 e. The van der Waals surface area contributed by atoms with Crippen molar-refractivity contribution in [1.29, 1.82) is 0 Å². The summed E-state index contributed by atoms with van der Waals surface area (Å²) >= 11 is 0. The van der Waals surface area contributed by atoms with E-state index in [0.717, 1.165) is 31.7 Å². The summed E-state index contributed by atoms with van der Waals surface area (Å²) in [6.07, 6.45) is 2.19. The molecule has 2 aliphatic heterocycles. The standard InChI is InChI=1S/C17H22N2O3/c1-2-3-8-22-13-6-4-12(5-7-13)9-19-10-14-15(11-19)17(21)18-16(14)20/h4-7,14-15H,2-3,8-11H2,1H3,(H,18,20,21)/t14-,15+. The Morgan fingerprint density at radius 2 is 1.77 bits per heavy atom. The zero-order valence-electron chi connectivity index (χ0n) is 12.9. The molecule has 0 aromatic heterocycles. The lowest BCUT2D eigenvalue weighted by Gasteiger charge is -2.16. The van der Waals surface area contributed by atoms with Gasteiger partial charge in [-0.05, 0) is 24.1 Å². The maximum absolute atomic E-state index is 11.7. The van der Waals surface area contributed by atoms with Crippen molar-refractivity contribution in [3.63, 3.8) is 0 Å². The van der Waals surface area contributed by atoms with Gasteiger partial charge >= 0.3 is 0 Å². The highest BCUT2D eigenvalue weighted by Crippen LogP contribution is 2.29.